The molecule has 3 amide bonds. The molecule has 1 rings (SSSR count). The van der Waals surface area contributed by atoms with E-state index in [1.54, 1.807) is 4.90 Å². The summed E-state index contributed by atoms with van der Waals surface area (Å²) in [5.41, 5.74) is 4.99. The summed E-state index contributed by atoms with van der Waals surface area (Å²) in [4.78, 5) is 35.7. The number of carbonyl (C=O) groups excluding carboxylic acids is 2. The minimum absolute atomic E-state index is 0.150. The number of nitrogens with one attached hydrogen (secondary N) is 1. The van der Waals surface area contributed by atoms with Gasteiger partial charge in [0.2, 0.25) is 5.91 Å². The Hall–Kier alpha value is -1.79. The SMILES string of the molecule is CCCC1CCCCN1C(=O)NC(CC(N)=O)C(=O)O. The molecule has 20 heavy (non-hydrogen) atoms. The fourth-order valence-electron chi connectivity index (χ4n) is 2.53. The molecule has 7 nitrogen and oxygen atoms in total. The Balaban J connectivity index is 2.65. The van der Waals surface area contributed by atoms with E-state index in [4.69, 9.17) is 10.8 Å². The zero-order chi connectivity index (χ0) is 15.1. The Labute approximate surface area is 118 Å². The summed E-state index contributed by atoms with van der Waals surface area (Å²) >= 11 is 0. The van der Waals surface area contributed by atoms with E-state index < -0.39 is 30.4 Å². The molecule has 1 heterocycles. The maximum Gasteiger partial charge on any atom is 0.326 e. The minimum Gasteiger partial charge on any atom is -0.480 e. The highest BCUT2D eigenvalue weighted by Crippen LogP contribution is 2.20. The van der Waals surface area contributed by atoms with Crippen LogP contribution in [0, 0.1) is 0 Å². The van der Waals surface area contributed by atoms with Gasteiger partial charge < -0.3 is 21.1 Å². The van der Waals surface area contributed by atoms with Gasteiger partial charge in [-0.1, -0.05) is 13.3 Å². The molecule has 114 valence electrons. The van der Waals surface area contributed by atoms with Gasteiger partial charge in [0.05, 0.1) is 6.42 Å². The quantitative estimate of drug-likeness (QED) is 0.666. The van der Waals surface area contributed by atoms with Crippen LogP contribution in [-0.4, -0.2) is 46.5 Å². The number of amides is 3. The van der Waals surface area contributed by atoms with Crippen LogP contribution in [0.15, 0.2) is 0 Å². The fourth-order valence-corrected chi connectivity index (χ4v) is 2.53. The molecule has 1 saturated heterocycles. The highest BCUT2D eigenvalue weighted by Gasteiger charge is 2.29. The average molecular weight is 285 g/mol. The number of carbonyl (C=O) groups is 3. The first kappa shape index (κ1) is 16.3. The number of carboxylic acid groups (broad SMARTS) is 1. The molecular formula is C13H23N3O4. The van der Waals surface area contributed by atoms with E-state index in [9.17, 15) is 14.4 Å². The Morgan fingerprint density at radius 3 is 2.65 bits per heavy atom. The van der Waals surface area contributed by atoms with Crippen LogP contribution in [0.1, 0.15) is 45.4 Å². The van der Waals surface area contributed by atoms with Crippen molar-refractivity contribution in [2.45, 2.75) is 57.5 Å². The second-order valence-electron chi connectivity index (χ2n) is 5.14. The molecule has 0 spiro atoms. The molecule has 0 saturated carbocycles. The van der Waals surface area contributed by atoms with Crippen LogP contribution in [0.25, 0.3) is 0 Å². The van der Waals surface area contributed by atoms with E-state index in [-0.39, 0.29) is 6.04 Å². The van der Waals surface area contributed by atoms with Crippen molar-refractivity contribution in [3.8, 4) is 0 Å². The normalized spacial score (nSPS) is 20.2. The zero-order valence-corrected chi connectivity index (χ0v) is 11.8. The fraction of sp³-hybridized carbons (Fsp3) is 0.769. The maximum atomic E-state index is 12.2. The van der Waals surface area contributed by atoms with Gasteiger partial charge in [-0.2, -0.15) is 0 Å². The van der Waals surface area contributed by atoms with Gasteiger partial charge in [-0.25, -0.2) is 9.59 Å². The van der Waals surface area contributed by atoms with Crippen LogP contribution >= 0.6 is 0 Å². The number of carboxylic acids is 1. The predicted molar refractivity (Wildman–Crippen MR) is 73.0 cm³/mol. The Morgan fingerprint density at radius 2 is 2.10 bits per heavy atom. The lowest BCUT2D eigenvalue weighted by Gasteiger charge is -2.36. The van der Waals surface area contributed by atoms with Gasteiger partial charge in [0.1, 0.15) is 6.04 Å². The lowest BCUT2D eigenvalue weighted by molar-refractivity contribution is -0.141. The molecule has 1 fully saturated rings. The maximum absolute atomic E-state index is 12.2. The minimum atomic E-state index is -1.26. The zero-order valence-electron chi connectivity index (χ0n) is 11.8. The summed E-state index contributed by atoms with van der Waals surface area (Å²) in [5.74, 6) is -2.00. The average Bonchev–Trinajstić information content (AvgIpc) is 2.38. The van der Waals surface area contributed by atoms with Crippen molar-refractivity contribution in [2.75, 3.05) is 6.54 Å². The molecule has 2 unspecified atom stereocenters. The summed E-state index contributed by atoms with van der Waals surface area (Å²) in [6.07, 6.45) is 4.42. The number of piperidine rings is 1. The second-order valence-corrected chi connectivity index (χ2v) is 5.14. The molecular weight excluding hydrogens is 262 g/mol. The smallest absolute Gasteiger partial charge is 0.326 e. The van der Waals surface area contributed by atoms with Gasteiger partial charge in [0.25, 0.3) is 0 Å². The van der Waals surface area contributed by atoms with E-state index in [1.807, 2.05) is 0 Å². The third-order valence-corrected chi connectivity index (χ3v) is 3.51. The summed E-state index contributed by atoms with van der Waals surface area (Å²) in [7, 11) is 0. The van der Waals surface area contributed by atoms with Crippen LogP contribution < -0.4 is 11.1 Å². The number of hydrogen-bond donors (Lipinski definition) is 3. The molecule has 0 aromatic heterocycles. The van der Waals surface area contributed by atoms with Gasteiger partial charge >= 0.3 is 12.0 Å². The summed E-state index contributed by atoms with van der Waals surface area (Å²) in [6.45, 7) is 2.68. The summed E-state index contributed by atoms with van der Waals surface area (Å²) in [6, 6.07) is -1.53. The largest absolute Gasteiger partial charge is 0.480 e. The van der Waals surface area contributed by atoms with Crippen molar-refractivity contribution in [1.82, 2.24) is 10.2 Å². The van der Waals surface area contributed by atoms with Crippen molar-refractivity contribution >= 4 is 17.9 Å². The van der Waals surface area contributed by atoms with Crippen molar-refractivity contribution in [3.63, 3.8) is 0 Å². The van der Waals surface area contributed by atoms with Crippen LogP contribution in [0.3, 0.4) is 0 Å². The molecule has 1 aliphatic heterocycles. The Kier molecular flexibility index (Phi) is 6.27. The van der Waals surface area contributed by atoms with E-state index in [0.29, 0.717) is 6.54 Å². The van der Waals surface area contributed by atoms with Gasteiger partial charge in [0.15, 0.2) is 0 Å². The highest BCUT2D eigenvalue weighted by atomic mass is 16.4. The predicted octanol–water partition coefficient (Wildman–Crippen LogP) is 0.679. The molecule has 7 heteroatoms. The van der Waals surface area contributed by atoms with Gasteiger partial charge in [0, 0.05) is 12.6 Å². The molecule has 0 aromatic carbocycles. The number of likely N-dealkylation sites (tertiary alicyclic amines) is 1. The summed E-state index contributed by atoms with van der Waals surface area (Å²) < 4.78 is 0. The molecule has 0 aliphatic carbocycles. The number of primary amides is 1. The first-order valence-corrected chi connectivity index (χ1v) is 7.04. The first-order chi connectivity index (χ1) is 9.45. The lowest BCUT2D eigenvalue weighted by Crippen LogP contribution is -2.53. The monoisotopic (exact) mass is 285 g/mol. The van der Waals surface area contributed by atoms with Gasteiger partial charge in [-0.3, -0.25) is 4.79 Å². The number of rotatable bonds is 6. The third-order valence-electron chi connectivity index (χ3n) is 3.51. The van der Waals surface area contributed by atoms with Crippen molar-refractivity contribution in [1.29, 1.82) is 0 Å². The van der Waals surface area contributed by atoms with Crippen LogP contribution in [0.2, 0.25) is 0 Å². The van der Waals surface area contributed by atoms with Gasteiger partial charge in [-0.15, -0.1) is 0 Å². The van der Waals surface area contributed by atoms with E-state index in [2.05, 4.69) is 12.2 Å². The molecule has 1 aliphatic rings. The molecule has 0 bridgehead atoms. The lowest BCUT2D eigenvalue weighted by atomic mass is 9.98. The number of nitrogens with two attached hydrogens (primary N) is 1. The van der Waals surface area contributed by atoms with E-state index in [0.717, 1.165) is 32.1 Å². The van der Waals surface area contributed by atoms with Crippen molar-refractivity contribution < 1.29 is 19.5 Å². The van der Waals surface area contributed by atoms with Crippen molar-refractivity contribution in [2.24, 2.45) is 5.73 Å². The topological polar surface area (TPSA) is 113 Å². The standard InChI is InChI=1S/C13H23N3O4/c1-2-5-9-6-3-4-7-16(9)13(20)15-10(12(18)19)8-11(14)17/h9-10H,2-8H2,1H3,(H2,14,17)(H,15,20)(H,18,19). The van der Waals surface area contributed by atoms with Crippen LogP contribution in [0.4, 0.5) is 4.79 Å². The molecule has 4 N–H and O–H groups in total. The first-order valence-electron chi connectivity index (χ1n) is 7.04. The summed E-state index contributed by atoms with van der Waals surface area (Å²) in [5, 5.41) is 11.4. The molecule has 2 atom stereocenters. The molecule has 0 aromatic rings. The number of urea groups is 1. The van der Waals surface area contributed by atoms with E-state index in [1.165, 1.54) is 0 Å². The number of aliphatic carboxylic acids is 1. The van der Waals surface area contributed by atoms with E-state index >= 15 is 0 Å². The number of nitrogens with zero attached hydrogens (tertiary/aromatic N) is 1. The van der Waals surface area contributed by atoms with Crippen molar-refractivity contribution in [3.05, 3.63) is 0 Å². The molecule has 0 radical (unpaired) electrons. The number of hydrogen-bond acceptors (Lipinski definition) is 3. The Bertz CT molecular complexity index is 371. The second kappa shape index (κ2) is 7.72. The van der Waals surface area contributed by atoms with Gasteiger partial charge in [-0.05, 0) is 25.7 Å². The Morgan fingerprint density at radius 1 is 1.40 bits per heavy atom. The van der Waals surface area contributed by atoms with Crippen LogP contribution in [0.5, 0.6) is 0 Å². The van der Waals surface area contributed by atoms with Crippen LogP contribution in [-0.2, 0) is 9.59 Å². The highest BCUT2D eigenvalue weighted by molar-refractivity contribution is 5.87. The third kappa shape index (κ3) is 4.71.